The van der Waals surface area contributed by atoms with Crippen LogP contribution in [0.1, 0.15) is 20.7 Å². The van der Waals surface area contributed by atoms with Crippen molar-refractivity contribution in [2.75, 3.05) is 0 Å². The molecule has 0 N–H and O–H groups in total. The normalized spacial score (nSPS) is 12.8. The van der Waals surface area contributed by atoms with Gasteiger partial charge in [-0.25, -0.2) is 13.2 Å². The van der Waals surface area contributed by atoms with Gasteiger partial charge in [0, 0.05) is 19.8 Å². The van der Waals surface area contributed by atoms with E-state index < -0.39 is 22.8 Å². The van der Waals surface area contributed by atoms with Crippen LogP contribution in [-0.4, -0.2) is 0 Å². The highest BCUT2D eigenvalue weighted by atomic mass is 79.9. The minimum Gasteiger partial charge on any atom is -0.204 e. The Balaban J connectivity index is 2.49. The summed E-state index contributed by atoms with van der Waals surface area (Å²) < 4.78 is 40.4. The molecule has 0 saturated carbocycles. The van der Waals surface area contributed by atoms with Crippen molar-refractivity contribution in [3.05, 3.63) is 55.4 Å². The quantitative estimate of drug-likeness (QED) is 0.488. The maximum Gasteiger partial charge on any atom is 0.194 e. The topological polar surface area (TPSA) is 0 Å². The Morgan fingerprint density at radius 1 is 1.22 bits per heavy atom. The fourth-order valence-electron chi connectivity index (χ4n) is 1.55. The molecule has 2 rings (SSSR count). The van der Waals surface area contributed by atoms with Crippen molar-refractivity contribution >= 4 is 38.9 Å². The smallest absolute Gasteiger partial charge is 0.194 e. The highest BCUT2D eigenvalue weighted by Gasteiger charge is 2.23. The molecule has 0 nitrogen and oxygen atoms in total. The SMILES string of the molecule is Cc1cc(Br)c(C(Cl)c2ccc(F)c(F)c2F)s1. The zero-order valence-electron chi connectivity index (χ0n) is 9.11. The van der Waals surface area contributed by atoms with E-state index in [1.54, 1.807) is 0 Å². The van der Waals surface area contributed by atoms with E-state index in [1.165, 1.54) is 11.3 Å². The summed E-state index contributed by atoms with van der Waals surface area (Å²) in [5, 5.41) is -0.854. The number of hydrogen-bond acceptors (Lipinski definition) is 1. The lowest BCUT2D eigenvalue weighted by Crippen LogP contribution is -2.00. The summed E-state index contributed by atoms with van der Waals surface area (Å²) >= 11 is 10.8. The van der Waals surface area contributed by atoms with Gasteiger partial charge in [-0.3, -0.25) is 0 Å². The molecular formula is C12H7BrClF3S. The fourth-order valence-corrected chi connectivity index (χ4v) is 3.98. The van der Waals surface area contributed by atoms with E-state index in [0.717, 1.165) is 21.5 Å². The summed E-state index contributed by atoms with van der Waals surface area (Å²) in [5.41, 5.74) is -0.0712. The second-order valence-electron chi connectivity index (χ2n) is 3.70. The molecule has 0 saturated heterocycles. The van der Waals surface area contributed by atoms with Crippen molar-refractivity contribution < 1.29 is 13.2 Å². The lowest BCUT2D eigenvalue weighted by molar-refractivity contribution is 0.441. The Bertz CT molecular complexity index is 597. The van der Waals surface area contributed by atoms with Crippen molar-refractivity contribution in [3.63, 3.8) is 0 Å². The van der Waals surface area contributed by atoms with Crippen LogP contribution in [0.2, 0.25) is 0 Å². The first-order chi connectivity index (χ1) is 8.41. The van der Waals surface area contributed by atoms with E-state index in [4.69, 9.17) is 11.6 Å². The van der Waals surface area contributed by atoms with Crippen molar-refractivity contribution in [1.82, 2.24) is 0 Å². The van der Waals surface area contributed by atoms with Crippen LogP contribution < -0.4 is 0 Å². The van der Waals surface area contributed by atoms with Crippen molar-refractivity contribution in [2.45, 2.75) is 12.3 Å². The molecule has 0 radical (unpaired) electrons. The number of rotatable bonds is 2. The summed E-state index contributed by atoms with van der Waals surface area (Å²) in [4.78, 5) is 1.66. The van der Waals surface area contributed by atoms with Gasteiger partial charge >= 0.3 is 0 Å². The van der Waals surface area contributed by atoms with Crippen LogP contribution in [-0.2, 0) is 0 Å². The Hall–Kier alpha value is -0.520. The first kappa shape index (κ1) is 13.9. The standard InChI is InChI=1S/C12H7BrClF3S/c1-5-4-7(13)12(18-5)9(14)6-2-3-8(15)11(17)10(6)16/h2-4,9H,1H3. The molecule has 1 aromatic heterocycles. The molecule has 1 atom stereocenters. The molecule has 0 fully saturated rings. The Morgan fingerprint density at radius 3 is 2.44 bits per heavy atom. The zero-order chi connectivity index (χ0) is 13.4. The molecule has 1 aromatic carbocycles. The molecule has 18 heavy (non-hydrogen) atoms. The van der Waals surface area contributed by atoms with E-state index >= 15 is 0 Å². The number of halogens is 5. The molecule has 0 spiro atoms. The second kappa shape index (κ2) is 5.23. The number of aryl methyl sites for hydroxylation is 1. The highest BCUT2D eigenvalue weighted by Crippen LogP contribution is 2.40. The third-order valence-electron chi connectivity index (χ3n) is 2.40. The predicted molar refractivity (Wildman–Crippen MR) is 70.8 cm³/mol. The minimum absolute atomic E-state index is 0.0712. The Kier molecular flexibility index (Phi) is 4.04. The second-order valence-corrected chi connectivity index (χ2v) is 6.28. The number of hydrogen-bond donors (Lipinski definition) is 0. The molecule has 6 heteroatoms. The average Bonchev–Trinajstić information content (AvgIpc) is 2.65. The maximum absolute atomic E-state index is 13.6. The van der Waals surface area contributed by atoms with Gasteiger partial charge in [0.1, 0.15) is 0 Å². The summed E-state index contributed by atoms with van der Waals surface area (Å²) in [6, 6.07) is 3.87. The van der Waals surface area contributed by atoms with Gasteiger partial charge < -0.3 is 0 Å². The molecule has 0 aliphatic heterocycles. The number of benzene rings is 1. The molecule has 2 aromatic rings. The summed E-state index contributed by atoms with van der Waals surface area (Å²) in [6.45, 7) is 1.88. The van der Waals surface area contributed by atoms with Crippen molar-refractivity contribution in [1.29, 1.82) is 0 Å². The highest BCUT2D eigenvalue weighted by molar-refractivity contribution is 9.10. The third-order valence-corrected chi connectivity index (χ3v) is 5.02. The minimum atomic E-state index is -1.50. The van der Waals surface area contributed by atoms with E-state index in [9.17, 15) is 13.2 Å². The van der Waals surface area contributed by atoms with Crippen LogP contribution in [0.4, 0.5) is 13.2 Å². The van der Waals surface area contributed by atoms with Gasteiger partial charge in [-0.2, -0.15) is 0 Å². The van der Waals surface area contributed by atoms with Gasteiger partial charge in [-0.15, -0.1) is 22.9 Å². The molecule has 0 aliphatic rings. The first-order valence-corrected chi connectivity index (χ1v) is 6.99. The summed E-state index contributed by atoms with van der Waals surface area (Å²) in [7, 11) is 0. The molecule has 96 valence electrons. The molecule has 1 heterocycles. The zero-order valence-corrected chi connectivity index (χ0v) is 12.3. The number of thiophene rings is 1. The predicted octanol–water partition coefficient (Wildman–Crippen LogP) is 5.56. The average molecular weight is 356 g/mol. The van der Waals surface area contributed by atoms with Gasteiger partial charge in [0.25, 0.3) is 0 Å². The van der Waals surface area contributed by atoms with Crippen molar-refractivity contribution in [2.24, 2.45) is 0 Å². The van der Waals surface area contributed by atoms with Crippen LogP contribution in [0.3, 0.4) is 0 Å². The lowest BCUT2D eigenvalue weighted by Gasteiger charge is -2.10. The molecule has 1 unspecified atom stereocenters. The van der Waals surface area contributed by atoms with Gasteiger partial charge in [0.2, 0.25) is 0 Å². The van der Waals surface area contributed by atoms with Crippen LogP contribution in [0.15, 0.2) is 22.7 Å². The van der Waals surface area contributed by atoms with Gasteiger partial charge in [-0.05, 0) is 35.0 Å². The van der Waals surface area contributed by atoms with E-state index in [2.05, 4.69) is 15.9 Å². The Labute approximate surface area is 120 Å². The molecule has 0 amide bonds. The summed E-state index contributed by atoms with van der Waals surface area (Å²) in [5.74, 6) is -3.96. The van der Waals surface area contributed by atoms with Crippen LogP contribution in [0.5, 0.6) is 0 Å². The van der Waals surface area contributed by atoms with Gasteiger partial charge in [0.05, 0.1) is 5.38 Å². The van der Waals surface area contributed by atoms with Gasteiger partial charge in [-0.1, -0.05) is 6.07 Å². The maximum atomic E-state index is 13.6. The van der Waals surface area contributed by atoms with E-state index in [0.29, 0.717) is 4.88 Å². The molecular weight excluding hydrogens is 349 g/mol. The van der Waals surface area contributed by atoms with E-state index in [-0.39, 0.29) is 5.56 Å². The molecule has 0 aliphatic carbocycles. The largest absolute Gasteiger partial charge is 0.204 e. The third kappa shape index (κ3) is 2.44. The number of alkyl halides is 1. The fraction of sp³-hybridized carbons (Fsp3) is 0.167. The Morgan fingerprint density at radius 2 is 1.89 bits per heavy atom. The molecule has 0 bridgehead atoms. The van der Waals surface area contributed by atoms with Crippen molar-refractivity contribution in [3.8, 4) is 0 Å². The van der Waals surface area contributed by atoms with Crippen LogP contribution in [0, 0.1) is 24.4 Å². The van der Waals surface area contributed by atoms with Gasteiger partial charge in [0.15, 0.2) is 17.5 Å². The lowest BCUT2D eigenvalue weighted by atomic mass is 10.1. The monoisotopic (exact) mass is 354 g/mol. The van der Waals surface area contributed by atoms with Crippen LogP contribution >= 0.6 is 38.9 Å². The van der Waals surface area contributed by atoms with Crippen LogP contribution in [0.25, 0.3) is 0 Å². The summed E-state index contributed by atoms with van der Waals surface area (Å²) in [6.07, 6.45) is 0. The first-order valence-electron chi connectivity index (χ1n) is 4.95. The van der Waals surface area contributed by atoms with E-state index in [1.807, 2.05) is 13.0 Å².